The summed E-state index contributed by atoms with van der Waals surface area (Å²) in [5.74, 6) is -7.72. The normalized spacial score (nSPS) is 28.7. The van der Waals surface area contributed by atoms with Gasteiger partial charge < -0.3 is 10.2 Å². The Hall–Kier alpha value is -4.57. The molecule has 0 spiro atoms. The first kappa shape index (κ1) is 30.1. The van der Waals surface area contributed by atoms with Crippen molar-refractivity contribution >= 4 is 40.9 Å². The van der Waals surface area contributed by atoms with Crippen molar-refractivity contribution in [2.75, 3.05) is 11.4 Å². The van der Waals surface area contributed by atoms with E-state index in [1.165, 1.54) is 41.3 Å². The summed E-state index contributed by atoms with van der Waals surface area (Å²) in [6.07, 6.45) is 2.57. The predicted molar refractivity (Wildman–Crippen MR) is 163 cm³/mol. The highest BCUT2D eigenvalue weighted by Crippen LogP contribution is 2.63. The summed E-state index contributed by atoms with van der Waals surface area (Å²) >= 11 is 6.02. The van der Waals surface area contributed by atoms with Crippen LogP contribution in [-0.2, 0) is 25.6 Å². The fourth-order valence-corrected chi connectivity index (χ4v) is 8.33. The molecule has 3 aromatic rings. The monoisotopic (exact) mass is 646 g/mol. The molecular formula is C35H29ClF2N2O6. The number of fused-ring (bicyclic) bond motifs is 4. The average molecular weight is 647 g/mol. The number of allylic oxidation sites excluding steroid dienone is 2. The van der Waals surface area contributed by atoms with Gasteiger partial charge >= 0.3 is 0 Å². The van der Waals surface area contributed by atoms with E-state index in [1.54, 1.807) is 19.1 Å². The number of imide groups is 2. The Morgan fingerprint density at radius 3 is 2.33 bits per heavy atom. The van der Waals surface area contributed by atoms with Gasteiger partial charge in [-0.25, -0.2) is 13.7 Å². The number of likely N-dealkylation sites (tertiary alicyclic amines) is 1. The highest BCUT2D eigenvalue weighted by Gasteiger charge is 2.67. The molecule has 3 fully saturated rings. The number of aromatic hydroxyl groups is 2. The van der Waals surface area contributed by atoms with Gasteiger partial charge in [0.15, 0.2) is 11.6 Å². The van der Waals surface area contributed by atoms with Crippen LogP contribution < -0.4 is 4.90 Å². The number of hydrogen-bond donors (Lipinski definition) is 2. The van der Waals surface area contributed by atoms with Crippen LogP contribution in [0.5, 0.6) is 11.5 Å². The number of phenolic OH excluding ortho intramolecular Hbond substituents is 2. The second kappa shape index (κ2) is 10.8. The molecule has 1 saturated carbocycles. The van der Waals surface area contributed by atoms with E-state index in [0.717, 1.165) is 22.6 Å². The van der Waals surface area contributed by atoms with Crippen molar-refractivity contribution < 1.29 is 38.2 Å². The summed E-state index contributed by atoms with van der Waals surface area (Å²) in [6.45, 7) is 1.79. The van der Waals surface area contributed by atoms with Crippen molar-refractivity contribution in [2.45, 2.75) is 32.1 Å². The molecule has 3 aromatic carbocycles. The van der Waals surface area contributed by atoms with E-state index in [4.69, 9.17) is 11.6 Å². The number of amides is 4. The Bertz CT molecular complexity index is 1860. The number of carbonyl (C=O) groups excluding carboxylic acids is 4. The third-order valence-corrected chi connectivity index (χ3v) is 10.7. The molecule has 2 aliphatic heterocycles. The molecule has 0 bridgehead atoms. The number of hydrogen-bond acceptors (Lipinski definition) is 6. The molecule has 4 aliphatic rings. The lowest BCUT2D eigenvalue weighted by Crippen LogP contribution is -2.48. The third-order valence-electron chi connectivity index (χ3n) is 10.4. The number of carbonyl (C=O) groups is 4. The minimum atomic E-state index is -1.43. The predicted octanol–water partition coefficient (Wildman–Crippen LogP) is 5.50. The summed E-state index contributed by atoms with van der Waals surface area (Å²) in [4.78, 5) is 58.4. The van der Waals surface area contributed by atoms with Crippen molar-refractivity contribution in [2.24, 2.45) is 29.1 Å². The van der Waals surface area contributed by atoms with Crippen LogP contribution in [0.3, 0.4) is 0 Å². The number of anilines is 1. The summed E-state index contributed by atoms with van der Waals surface area (Å²) < 4.78 is 28.9. The zero-order valence-corrected chi connectivity index (χ0v) is 25.4. The summed E-state index contributed by atoms with van der Waals surface area (Å²) in [5.41, 5.74) is 0.520. The number of phenols is 2. The lowest BCUT2D eigenvalue weighted by molar-refractivity contribution is -0.140. The van der Waals surface area contributed by atoms with Crippen LogP contribution in [-0.4, -0.2) is 45.3 Å². The lowest BCUT2D eigenvalue weighted by atomic mass is 9.51. The molecule has 6 atom stereocenters. The van der Waals surface area contributed by atoms with Crippen molar-refractivity contribution in [1.82, 2.24) is 4.90 Å². The van der Waals surface area contributed by atoms with Crippen molar-refractivity contribution in [3.63, 3.8) is 0 Å². The van der Waals surface area contributed by atoms with Gasteiger partial charge in [0.05, 0.1) is 33.9 Å². The molecule has 2 aliphatic carbocycles. The van der Waals surface area contributed by atoms with E-state index in [9.17, 15) is 38.2 Å². The summed E-state index contributed by atoms with van der Waals surface area (Å²) in [5, 5.41) is 19.3. The Balaban J connectivity index is 1.29. The number of halogens is 3. The van der Waals surface area contributed by atoms with E-state index < -0.39 is 64.2 Å². The van der Waals surface area contributed by atoms with Gasteiger partial charge in [-0.1, -0.05) is 41.4 Å². The number of benzene rings is 3. The van der Waals surface area contributed by atoms with Gasteiger partial charge in [0.1, 0.15) is 11.6 Å². The highest BCUT2D eigenvalue weighted by atomic mass is 35.5. The van der Waals surface area contributed by atoms with Crippen molar-refractivity contribution in [1.29, 1.82) is 0 Å². The van der Waals surface area contributed by atoms with Crippen LogP contribution in [0.2, 0.25) is 5.02 Å². The first-order valence-electron chi connectivity index (χ1n) is 15.1. The molecule has 236 valence electrons. The molecule has 46 heavy (non-hydrogen) atoms. The fraction of sp³-hybridized carbons (Fsp3) is 0.314. The van der Waals surface area contributed by atoms with Crippen molar-refractivity contribution in [3.05, 3.63) is 100 Å². The molecule has 2 heterocycles. The zero-order chi connectivity index (χ0) is 32.7. The van der Waals surface area contributed by atoms with Gasteiger partial charge in [-0.05, 0) is 85.7 Å². The van der Waals surface area contributed by atoms with E-state index in [2.05, 4.69) is 0 Å². The van der Waals surface area contributed by atoms with Crippen molar-refractivity contribution in [3.8, 4) is 11.5 Å². The molecule has 4 amide bonds. The summed E-state index contributed by atoms with van der Waals surface area (Å²) in [6, 6.07) is 13.9. The van der Waals surface area contributed by atoms with Crippen LogP contribution >= 0.6 is 11.6 Å². The Kier molecular flexibility index (Phi) is 7.04. The molecule has 11 heteroatoms. The first-order chi connectivity index (χ1) is 21.9. The standard InChI is InChI=1S/C35H29ClF2N2O6/c1-35-24(32(44)40(34(35)46)19-5-10-26(37)25(36)15-19)16-23-21(30(35)18-4-11-28(42)27(38)14-18)8-9-22-29(23)33(45)39(31(22)43)13-12-17-2-6-20(41)7-3-17/h2-8,10-11,14-15,22-24,29-30,41-42H,9,12-13,16H2,1H3/t22-,23+,24-,29-,30-,35+/m0/s1. The molecule has 0 unspecified atom stereocenters. The smallest absolute Gasteiger partial charge is 0.241 e. The highest BCUT2D eigenvalue weighted by molar-refractivity contribution is 6.31. The lowest BCUT2D eigenvalue weighted by Gasteiger charge is -2.49. The molecule has 2 saturated heterocycles. The molecule has 0 radical (unpaired) electrons. The average Bonchev–Trinajstić information content (AvgIpc) is 3.39. The van der Waals surface area contributed by atoms with Crippen LogP contribution in [0, 0.1) is 40.7 Å². The number of rotatable bonds is 5. The molecular weight excluding hydrogens is 618 g/mol. The number of nitrogens with zero attached hydrogens (tertiary/aromatic N) is 2. The van der Waals surface area contributed by atoms with Gasteiger partial charge in [-0.15, -0.1) is 0 Å². The largest absolute Gasteiger partial charge is 0.508 e. The van der Waals surface area contributed by atoms with Gasteiger partial charge in [-0.2, -0.15) is 0 Å². The molecule has 8 nitrogen and oxygen atoms in total. The van der Waals surface area contributed by atoms with Crippen LogP contribution in [0.15, 0.2) is 72.3 Å². The minimum absolute atomic E-state index is 0.0926. The van der Waals surface area contributed by atoms with Gasteiger partial charge in [0.25, 0.3) is 0 Å². The van der Waals surface area contributed by atoms with Gasteiger partial charge in [0, 0.05) is 12.5 Å². The molecule has 2 N–H and O–H groups in total. The topological polar surface area (TPSA) is 115 Å². The van der Waals surface area contributed by atoms with E-state index >= 15 is 0 Å². The quantitative estimate of drug-likeness (QED) is 0.279. The van der Waals surface area contributed by atoms with E-state index in [0.29, 0.717) is 17.6 Å². The van der Waals surface area contributed by atoms with Crippen LogP contribution in [0.1, 0.15) is 36.8 Å². The molecule has 7 rings (SSSR count). The Labute approximate surface area is 267 Å². The second-order valence-electron chi connectivity index (χ2n) is 12.7. The Morgan fingerprint density at radius 2 is 1.63 bits per heavy atom. The maximum absolute atomic E-state index is 14.8. The third kappa shape index (κ3) is 4.37. The van der Waals surface area contributed by atoms with E-state index in [-0.39, 0.29) is 47.7 Å². The maximum atomic E-state index is 14.8. The van der Waals surface area contributed by atoms with Crippen LogP contribution in [0.4, 0.5) is 14.5 Å². The Morgan fingerprint density at radius 1 is 0.891 bits per heavy atom. The second-order valence-corrected chi connectivity index (χ2v) is 13.1. The first-order valence-corrected chi connectivity index (χ1v) is 15.4. The van der Waals surface area contributed by atoms with Gasteiger partial charge in [-0.3, -0.25) is 24.1 Å². The van der Waals surface area contributed by atoms with Gasteiger partial charge in [0.2, 0.25) is 23.6 Å². The molecule has 0 aromatic heterocycles. The van der Waals surface area contributed by atoms with E-state index in [1.807, 2.05) is 6.08 Å². The SMILES string of the molecule is C[C@@]12C(=O)N(c3ccc(F)c(Cl)c3)C(=O)[C@@H]1C[C@@H]1C(=CC[C@@H]3C(=O)N(CCc4ccc(O)cc4)C(=O)[C@@H]31)[C@@H]2c1ccc(O)c(F)c1. The zero-order valence-electron chi connectivity index (χ0n) is 24.6. The fourth-order valence-electron chi connectivity index (χ4n) is 8.16. The maximum Gasteiger partial charge on any atom is 0.241 e. The summed E-state index contributed by atoms with van der Waals surface area (Å²) in [7, 11) is 0. The van der Waals surface area contributed by atoms with Crippen LogP contribution in [0.25, 0.3) is 0 Å². The minimum Gasteiger partial charge on any atom is -0.508 e.